The second-order valence-corrected chi connectivity index (χ2v) is 5.28. The SMILES string of the molecule is CN(Cc1ccon1)c1cc(C2CC(N)C2)nc(N)n1.Cl.Cl. The fourth-order valence-electron chi connectivity index (χ4n) is 2.42. The van der Waals surface area contributed by atoms with Gasteiger partial charge in [0.05, 0.1) is 12.2 Å². The Morgan fingerprint density at radius 1 is 1.32 bits per heavy atom. The van der Waals surface area contributed by atoms with Gasteiger partial charge in [-0.05, 0) is 12.8 Å². The van der Waals surface area contributed by atoms with Gasteiger partial charge in [0.2, 0.25) is 5.95 Å². The van der Waals surface area contributed by atoms with E-state index in [9.17, 15) is 0 Å². The zero-order valence-corrected chi connectivity index (χ0v) is 13.8. The van der Waals surface area contributed by atoms with Crippen LogP contribution in [0.1, 0.15) is 30.1 Å². The van der Waals surface area contributed by atoms with Crippen LogP contribution in [0.15, 0.2) is 22.9 Å². The lowest BCUT2D eigenvalue weighted by atomic mass is 9.78. The topological polar surface area (TPSA) is 107 Å². The van der Waals surface area contributed by atoms with E-state index in [1.54, 1.807) is 6.26 Å². The number of rotatable bonds is 4. The molecule has 4 N–H and O–H groups in total. The third kappa shape index (κ3) is 4.00. The molecule has 0 bridgehead atoms. The normalized spacial score (nSPS) is 19.5. The van der Waals surface area contributed by atoms with Crippen molar-refractivity contribution < 1.29 is 4.52 Å². The van der Waals surface area contributed by atoms with E-state index in [2.05, 4.69) is 15.1 Å². The predicted molar refractivity (Wildman–Crippen MR) is 89.5 cm³/mol. The van der Waals surface area contributed by atoms with Gasteiger partial charge < -0.3 is 20.9 Å². The van der Waals surface area contributed by atoms with Crippen molar-refractivity contribution in [2.24, 2.45) is 5.73 Å². The average molecular weight is 347 g/mol. The van der Waals surface area contributed by atoms with E-state index < -0.39 is 0 Å². The van der Waals surface area contributed by atoms with E-state index >= 15 is 0 Å². The first-order valence-electron chi connectivity index (χ1n) is 6.62. The first-order valence-corrected chi connectivity index (χ1v) is 6.62. The highest BCUT2D eigenvalue weighted by molar-refractivity contribution is 5.85. The molecule has 0 radical (unpaired) electrons. The van der Waals surface area contributed by atoms with Gasteiger partial charge in [0, 0.05) is 31.1 Å². The zero-order valence-electron chi connectivity index (χ0n) is 12.2. The van der Waals surface area contributed by atoms with E-state index in [1.807, 2.05) is 24.1 Å². The van der Waals surface area contributed by atoms with Crippen molar-refractivity contribution in [1.82, 2.24) is 15.1 Å². The van der Waals surface area contributed by atoms with Crippen LogP contribution in [0, 0.1) is 0 Å². The van der Waals surface area contributed by atoms with Crippen LogP contribution in [0.3, 0.4) is 0 Å². The van der Waals surface area contributed by atoms with Crippen LogP contribution in [0.25, 0.3) is 0 Å². The van der Waals surface area contributed by atoms with Gasteiger partial charge in [-0.1, -0.05) is 5.16 Å². The smallest absolute Gasteiger partial charge is 0.222 e. The Balaban J connectivity index is 0.00000121. The molecule has 122 valence electrons. The summed E-state index contributed by atoms with van der Waals surface area (Å²) < 4.78 is 4.83. The zero-order chi connectivity index (χ0) is 14.1. The minimum atomic E-state index is 0. The lowest BCUT2D eigenvalue weighted by Crippen LogP contribution is -2.35. The summed E-state index contributed by atoms with van der Waals surface area (Å²) in [6.45, 7) is 0.608. The molecule has 1 aliphatic carbocycles. The fourth-order valence-corrected chi connectivity index (χ4v) is 2.42. The molecule has 1 aliphatic rings. The Kier molecular flexibility index (Phi) is 6.40. The van der Waals surface area contributed by atoms with E-state index in [1.165, 1.54) is 0 Å². The molecule has 2 aromatic rings. The van der Waals surface area contributed by atoms with Crippen molar-refractivity contribution in [2.75, 3.05) is 17.7 Å². The summed E-state index contributed by atoms with van der Waals surface area (Å²) in [5.74, 6) is 1.48. The van der Waals surface area contributed by atoms with Crippen molar-refractivity contribution in [3.8, 4) is 0 Å². The van der Waals surface area contributed by atoms with Crippen molar-refractivity contribution in [3.63, 3.8) is 0 Å². The lowest BCUT2D eigenvalue weighted by molar-refractivity contribution is 0.345. The summed E-state index contributed by atoms with van der Waals surface area (Å²) in [4.78, 5) is 10.6. The Bertz CT molecular complexity index is 588. The Morgan fingerprint density at radius 2 is 2.05 bits per heavy atom. The molecule has 0 unspecified atom stereocenters. The monoisotopic (exact) mass is 346 g/mol. The number of anilines is 2. The van der Waals surface area contributed by atoms with Crippen LogP contribution in [-0.4, -0.2) is 28.2 Å². The summed E-state index contributed by atoms with van der Waals surface area (Å²) >= 11 is 0. The fraction of sp³-hybridized carbons (Fsp3) is 0.462. The maximum Gasteiger partial charge on any atom is 0.222 e. The highest BCUT2D eigenvalue weighted by Gasteiger charge is 2.29. The van der Waals surface area contributed by atoms with Crippen LogP contribution in [0.5, 0.6) is 0 Å². The Labute approximate surface area is 141 Å². The van der Waals surface area contributed by atoms with Gasteiger partial charge in [-0.3, -0.25) is 0 Å². The van der Waals surface area contributed by atoms with Gasteiger partial charge in [0.25, 0.3) is 0 Å². The van der Waals surface area contributed by atoms with Crippen molar-refractivity contribution in [1.29, 1.82) is 0 Å². The molecule has 0 aromatic carbocycles. The third-order valence-electron chi connectivity index (χ3n) is 3.62. The van der Waals surface area contributed by atoms with Crippen LogP contribution in [0.2, 0.25) is 0 Å². The summed E-state index contributed by atoms with van der Waals surface area (Å²) in [7, 11) is 1.94. The summed E-state index contributed by atoms with van der Waals surface area (Å²) in [5, 5.41) is 3.89. The molecule has 9 heteroatoms. The number of nitrogen functional groups attached to an aromatic ring is 1. The number of aromatic nitrogens is 3. The van der Waals surface area contributed by atoms with Crippen LogP contribution in [-0.2, 0) is 6.54 Å². The first kappa shape index (κ1) is 18.5. The second-order valence-electron chi connectivity index (χ2n) is 5.28. The molecule has 0 atom stereocenters. The third-order valence-corrected chi connectivity index (χ3v) is 3.62. The molecule has 22 heavy (non-hydrogen) atoms. The second kappa shape index (κ2) is 7.62. The molecule has 0 saturated heterocycles. The van der Waals surface area contributed by atoms with E-state index in [0.717, 1.165) is 30.0 Å². The maximum absolute atomic E-state index is 5.83. The van der Waals surface area contributed by atoms with Gasteiger partial charge in [-0.2, -0.15) is 4.98 Å². The predicted octanol–water partition coefficient (Wildman–Crippen LogP) is 1.73. The number of hydrogen-bond acceptors (Lipinski definition) is 7. The largest absolute Gasteiger partial charge is 0.368 e. The van der Waals surface area contributed by atoms with Gasteiger partial charge in [0.1, 0.15) is 17.8 Å². The molecule has 0 amide bonds. The number of nitrogens with two attached hydrogens (primary N) is 2. The number of halogens is 2. The molecular weight excluding hydrogens is 327 g/mol. The molecule has 1 fully saturated rings. The Morgan fingerprint density at radius 3 is 2.64 bits per heavy atom. The quantitative estimate of drug-likeness (QED) is 0.867. The van der Waals surface area contributed by atoms with E-state index in [-0.39, 0.29) is 30.9 Å². The summed E-state index contributed by atoms with van der Waals surface area (Å²) in [6, 6.07) is 4.09. The molecule has 2 heterocycles. The highest BCUT2D eigenvalue weighted by atomic mass is 35.5. The highest BCUT2D eigenvalue weighted by Crippen LogP contribution is 2.35. The molecule has 3 rings (SSSR count). The molecule has 1 saturated carbocycles. The van der Waals surface area contributed by atoms with Crippen molar-refractivity contribution in [3.05, 3.63) is 29.8 Å². The molecule has 0 aliphatic heterocycles. The summed E-state index contributed by atoms with van der Waals surface area (Å²) in [5.41, 5.74) is 13.5. The molecule has 0 spiro atoms. The van der Waals surface area contributed by atoms with Crippen LogP contribution >= 0.6 is 24.8 Å². The van der Waals surface area contributed by atoms with Crippen molar-refractivity contribution >= 4 is 36.6 Å². The number of nitrogens with zero attached hydrogens (tertiary/aromatic N) is 4. The molecule has 2 aromatic heterocycles. The van der Waals surface area contributed by atoms with Crippen LogP contribution in [0.4, 0.5) is 11.8 Å². The van der Waals surface area contributed by atoms with E-state index in [4.69, 9.17) is 16.0 Å². The molecular formula is C13H20Cl2N6O. The maximum atomic E-state index is 5.83. The molecule has 7 nitrogen and oxygen atoms in total. The van der Waals surface area contributed by atoms with Crippen molar-refractivity contribution in [2.45, 2.75) is 31.3 Å². The summed E-state index contributed by atoms with van der Waals surface area (Å²) in [6.07, 6.45) is 3.48. The van der Waals surface area contributed by atoms with E-state index in [0.29, 0.717) is 18.4 Å². The Hall–Kier alpha value is -1.57. The standard InChI is InChI=1S/C13H18N6O.2ClH/c1-19(7-10-2-3-20-18-10)12-6-11(16-13(15)17-12)8-4-9(14)5-8;;/h2-3,6,8-9H,4-5,7,14H2,1H3,(H2,15,16,17);2*1H. The van der Waals surface area contributed by atoms with Crippen LogP contribution < -0.4 is 16.4 Å². The average Bonchev–Trinajstić information content (AvgIpc) is 2.87. The van der Waals surface area contributed by atoms with Gasteiger partial charge in [0.15, 0.2) is 0 Å². The number of hydrogen-bond donors (Lipinski definition) is 2. The first-order chi connectivity index (χ1) is 9.61. The van der Waals surface area contributed by atoms with Gasteiger partial charge in [-0.25, -0.2) is 4.98 Å². The lowest BCUT2D eigenvalue weighted by Gasteiger charge is -2.32. The minimum Gasteiger partial charge on any atom is -0.368 e. The van der Waals surface area contributed by atoms with Gasteiger partial charge in [-0.15, -0.1) is 24.8 Å². The minimum absolute atomic E-state index is 0. The van der Waals surface area contributed by atoms with Gasteiger partial charge >= 0.3 is 0 Å².